The van der Waals surface area contributed by atoms with E-state index >= 15 is 0 Å². The van der Waals surface area contributed by atoms with Gasteiger partial charge in [-0.05, 0) is 18.2 Å². The van der Waals surface area contributed by atoms with Gasteiger partial charge in [-0.25, -0.2) is 8.78 Å². The average molecular weight is 266 g/mol. The second kappa shape index (κ2) is 5.58. The molecule has 0 aliphatic carbocycles. The molecule has 1 aromatic carbocycles. The van der Waals surface area contributed by atoms with Crippen LogP contribution in [0.15, 0.2) is 18.2 Å². The number of rotatable bonds is 4. The Kier molecular flexibility index (Phi) is 4.37. The normalized spacial score (nSPS) is 11.2. The number of benzene rings is 1. The molecule has 0 atom stereocenters. The van der Waals surface area contributed by atoms with Crippen LogP contribution >= 0.6 is 0 Å². The zero-order valence-corrected chi connectivity index (χ0v) is 8.80. The van der Waals surface area contributed by atoms with Crippen LogP contribution in [0.4, 0.5) is 22.0 Å². The van der Waals surface area contributed by atoms with Gasteiger partial charge in [-0.2, -0.15) is 0 Å². The Morgan fingerprint density at radius 3 is 2.39 bits per heavy atom. The molecule has 7 heteroatoms. The highest BCUT2D eigenvalue weighted by atomic mass is 19.4. The summed E-state index contributed by atoms with van der Waals surface area (Å²) >= 11 is 0. The third-order valence-corrected chi connectivity index (χ3v) is 1.70. The molecule has 2 nitrogen and oxygen atoms in total. The lowest BCUT2D eigenvalue weighted by Gasteiger charge is -2.14. The van der Waals surface area contributed by atoms with Crippen molar-refractivity contribution in [2.45, 2.75) is 12.8 Å². The molecule has 1 aromatic rings. The molecule has 18 heavy (non-hydrogen) atoms. The quantitative estimate of drug-likeness (QED) is 0.615. The molecule has 1 rings (SSSR count). The number of ether oxygens (including phenoxy) is 2. The van der Waals surface area contributed by atoms with Crippen LogP contribution in [0.25, 0.3) is 0 Å². The van der Waals surface area contributed by atoms with Crippen LogP contribution < -0.4 is 9.47 Å². The summed E-state index contributed by atoms with van der Waals surface area (Å²) in [5, 5.41) is 0. The Morgan fingerprint density at radius 2 is 1.89 bits per heavy atom. The first-order chi connectivity index (χ1) is 8.31. The van der Waals surface area contributed by atoms with E-state index in [-0.39, 0.29) is 5.56 Å². The maximum absolute atomic E-state index is 12.0. The summed E-state index contributed by atoms with van der Waals surface area (Å²) in [5.41, 5.74) is 0.189. The highest BCUT2D eigenvalue weighted by Crippen LogP contribution is 2.33. The van der Waals surface area contributed by atoms with Gasteiger partial charge in [-0.15, -0.1) is 19.6 Å². The standard InChI is InChI=1S/C11H7F5O2/c1-2-7-3-4-8(18-11(14,15)16)9(5-7)17-6-10(12)13/h1,3-5,10H,6H2. The second-order valence-corrected chi connectivity index (χ2v) is 3.06. The van der Waals surface area contributed by atoms with Gasteiger partial charge < -0.3 is 9.47 Å². The van der Waals surface area contributed by atoms with E-state index in [1.54, 1.807) is 0 Å². The van der Waals surface area contributed by atoms with Gasteiger partial charge in [0.2, 0.25) is 0 Å². The van der Waals surface area contributed by atoms with Crippen molar-refractivity contribution < 1.29 is 31.4 Å². The Balaban J connectivity index is 2.97. The maximum Gasteiger partial charge on any atom is 0.573 e. The predicted molar refractivity (Wildman–Crippen MR) is 52.6 cm³/mol. The molecule has 0 aliphatic heterocycles. The van der Waals surface area contributed by atoms with Crippen molar-refractivity contribution in [2.24, 2.45) is 0 Å². The minimum Gasteiger partial charge on any atom is -0.484 e. The molecule has 0 N–H and O–H groups in total. The Morgan fingerprint density at radius 1 is 1.22 bits per heavy atom. The first-order valence-corrected chi connectivity index (χ1v) is 4.59. The first kappa shape index (κ1) is 14.1. The van der Waals surface area contributed by atoms with Crippen molar-refractivity contribution in [3.05, 3.63) is 23.8 Å². The molecule has 0 spiro atoms. The lowest BCUT2D eigenvalue weighted by Crippen LogP contribution is -2.18. The van der Waals surface area contributed by atoms with Crippen molar-refractivity contribution in [1.82, 2.24) is 0 Å². The third-order valence-electron chi connectivity index (χ3n) is 1.70. The van der Waals surface area contributed by atoms with Crippen molar-refractivity contribution >= 4 is 0 Å². The van der Waals surface area contributed by atoms with Gasteiger partial charge in [0.15, 0.2) is 11.5 Å². The fourth-order valence-corrected chi connectivity index (χ4v) is 1.07. The zero-order valence-electron chi connectivity index (χ0n) is 8.80. The summed E-state index contributed by atoms with van der Waals surface area (Å²) in [4.78, 5) is 0. The molecule has 0 saturated carbocycles. The Labute approximate surface area is 99.3 Å². The molecule has 0 unspecified atom stereocenters. The van der Waals surface area contributed by atoms with Gasteiger partial charge in [0, 0.05) is 5.56 Å². The highest BCUT2D eigenvalue weighted by molar-refractivity contribution is 5.47. The van der Waals surface area contributed by atoms with Gasteiger partial charge in [0.05, 0.1) is 0 Å². The van der Waals surface area contributed by atoms with E-state index < -0.39 is 30.9 Å². The number of terminal acetylenes is 1. The van der Waals surface area contributed by atoms with Crippen LogP contribution in [-0.2, 0) is 0 Å². The number of alkyl halides is 5. The van der Waals surface area contributed by atoms with Crippen molar-refractivity contribution in [3.63, 3.8) is 0 Å². The van der Waals surface area contributed by atoms with Crippen molar-refractivity contribution in [3.8, 4) is 23.8 Å². The minimum atomic E-state index is -4.94. The fraction of sp³-hybridized carbons (Fsp3) is 0.273. The van der Waals surface area contributed by atoms with Crippen LogP contribution in [0.1, 0.15) is 5.56 Å². The number of hydrogen-bond donors (Lipinski definition) is 0. The molecule has 0 amide bonds. The van der Waals surface area contributed by atoms with E-state index in [0.717, 1.165) is 12.1 Å². The van der Waals surface area contributed by atoms with Crippen LogP contribution in [0.2, 0.25) is 0 Å². The van der Waals surface area contributed by atoms with E-state index in [1.165, 1.54) is 6.07 Å². The zero-order chi connectivity index (χ0) is 13.8. The molecule has 0 saturated heterocycles. The average Bonchev–Trinajstić information content (AvgIpc) is 2.25. The van der Waals surface area contributed by atoms with Crippen molar-refractivity contribution in [2.75, 3.05) is 6.61 Å². The number of halogens is 5. The molecule has 0 radical (unpaired) electrons. The Bertz CT molecular complexity index is 448. The molecule has 0 fully saturated rings. The van der Waals surface area contributed by atoms with Gasteiger partial charge in [-0.3, -0.25) is 0 Å². The van der Waals surface area contributed by atoms with Crippen molar-refractivity contribution in [1.29, 1.82) is 0 Å². The molecule has 98 valence electrons. The molecular weight excluding hydrogens is 259 g/mol. The van der Waals surface area contributed by atoms with E-state index in [0.29, 0.717) is 0 Å². The third kappa shape index (κ3) is 4.49. The van der Waals surface area contributed by atoms with Gasteiger partial charge in [0.25, 0.3) is 6.43 Å². The second-order valence-electron chi connectivity index (χ2n) is 3.06. The SMILES string of the molecule is C#Cc1ccc(OC(F)(F)F)c(OCC(F)F)c1. The van der Waals surface area contributed by atoms with Crippen LogP contribution in [0, 0.1) is 12.3 Å². The topological polar surface area (TPSA) is 18.5 Å². The maximum atomic E-state index is 12.0. The highest BCUT2D eigenvalue weighted by Gasteiger charge is 2.32. The predicted octanol–water partition coefficient (Wildman–Crippen LogP) is 3.21. The van der Waals surface area contributed by atoms with E-state index in [4.69, 9.17) is 6.42 Å². The van der Waals surface area contributed by atoms with E-state index in [9.17, 15) is 22.0 Å². The molecule has 0 aromatic heterocycles. The molecule has 0 heterocycles. The molecule has 0 bridgehead atoms. The Hall–Kier alpha value is -1.97. The van der Waals surface area contributed by atoms with Gasteiger partial charge in [-0.1, -0.05) is 5.92 Å². The summed E-state index contributed by atoms with van der Waals surface area (Å²) in [5.74, 6) is 0.937. The fourth-order valence-electron chi connectivity index (χ4n) is 1.07. The summed E-state index contributed by atoms with van der Waals surface area (Å²) in [6.07, 6.45) is -2.73. The van der Waals surface area contributed by atoms with Gasteiger partial charge >= 0.3 is 6.36 Å². The van der Waals surface area contributed by atoms with Crippen LogP contribution in [-0.4, -0.2) is 19.4 Å². The molecular formula is C11H7F5O2. The lowest BCUT2D eigenvalue weighted by molar-refractivity contribution is -0.275. The van der Waals surface area contributed by atoms with Crippen LogP contribution in [0.5, 0.6) is 11.5 Å². The smallest absolute Gasteiger partial charge is 0.484 e. The summed E-state index contributed by atoms with van der Waals surface area (Å²) in [7, 11) is 0. The lowest BCUT2D eigenvalue weighted by atomic mass is 10.2. The van der Waals surface area contributed by atoms with Crippen LogP contribution in [0.3, 0.4) is 0 Å². The van der Waals surface area contributed by atoms with Gasteiger partial charge in [0.1, 0.15) is 6.61 Å². The monoisotopic (exact) mass is 266 g/mol. The number of hydrogen-bond acceptors (Lipinski definition) is 2. The largest absolute Gasteiger partial charge is 0.573 e. The summed E-state index contributed by atoms with van der Waals surface area (Å²) in [6.45, 7) is -1.05. The van der Waals surface area contributed by atoms with E-state index in [2.05, 4.69) is 15.4 Å². The van der Waals surface area contributed by atoms with E-state index in [1.807, 2.05) is 0 Å². The summed E-state index contributed by atoms with van der Waals surface area (Å²) < 4.78 is 68.1. The first-order valence-electron chi connectivity index (χ1n) is 4.59. The minimum absolute atomic E-state index is 0.189. The summed E-state index contributed by atoms with van der Waals surface area (Å²) in [6, 6.07) is 3.10. The molecule has 0 aliphatic rings.